The van der Waals surface area contributed by atoms with Gasteiger partial charge in [0.15, 0.2) is 10.9 Å². The lowest BCUT2D eigenvalue weighted by molar-refractivity contribution is -0.116. The van der Waals surface area contributed by atoms with Crippen molar-refractivity contribution in [3.8, 4) is 0 Å². The fourth-order valence-corrected chi connectivity index (χ4v) is 5.26. The number of aryl methyl sites for hydroxylation is 2. The molecule has 2 unspecified atom stereocenters. The maximum Gasteiger partial charge on any atom is 0.226 e. The summed E-state index contributed by atoms with van der Waals surface area (Å²) in [5.74, 6) is -0.139. The van der Waals surface area contributed by atoms with E-state index in [0.717, 1.165) is 43.7 Å². The van der Waals surface area contributed by atoms with Crippen molar-refractivity contribution >= 4 is 28.2 Å². The average molecular weight is 442 g/mol. The maximum atomic E-state index is 12.6. The van der Waals surface area contributed by atoms with Crippen LogP contribution in [0.3, 0.4) is 0 Å². The first-order valence-corrected chi connectivity index (χ1v) is 12.1. The standard InChI is InChI=1S/C24H31N3O3S/c1-16-12-27(13-17(2)30-16)14-21-15-31-24(25-21)26-23(29)10-9-22(28)20-8-7-18-5-3-4-6-19(18)11-20/h7-8,11,15-17H,3-6,9-10,12-14H2,1-2H3,(H,25,26,29). The number of carbonyl (C=O) groups excluding carboxylic acids is 2. The van der Waals surface area contributed by atoms with Crippen LogP contribution in [0.2, 0.25) is 0 Å². The van der Waals surface area contributed by atoms with Crippen molar-refractivity contribution < 1.29 is 14.3 Å². The zero-order chi connectivity index (χ0) is 21.8. The van der Waals surface area contributed by atoms with Gasteiger partial charge in [0.2, 0.25) is 5.91 Å². The van der Waals surface area contributed by atoms with Crippen molar-refractivity contribution in [3.05, 3.63) is 46.0 Å². The van der Waals surface area contributed by atoms with E-state index < -0.39 is 0 Å². The van der Waals surface area contributed by atoms with Gasteiger partial charge in [0.05, 0.1) is 17.9 Å². The summed E-state index contributed by atoms with van der Waals surface area (Å²) in [4.78, 5) is 31.8. The maximum absolute atomic E-state index is 12.6. The number of ketones is 1. The predicted molar refractivity (Wildman–Crippen MR) is 123 cm³/mol. The van der Waals surface area contributed by atoms with E-state index in [-0.39, 0.29) is 36.7 Å². The molecule has 1 aromatic carbocycles. The van der Waals surface area contributed by atoms with E-state index in [1.54, 1.807) is 0 Å². The number of Topliss-reactive ketones (excluding diaryl/α,β-unsaturated/α-hetero) is 1. The van der Waals surface area contributed by atoms with E-state index in [9.17, 15) is 9.59 Å². The van der Waals surface area contributed by atoms with Crippen LogP contribution in [0.15, 0.2) is 23.6 Å². The third kappa shape index (κ3) is 5.99. The van der Waals surface area contributed by atoms with Gasteiger partial charge in [-0.2, -0.15) is 0 Å². The number of morpholine rings is 1. The monoisotopic (exact) mass is 441 g/mol. The molecule has 0 spiro atoms. The number of thiazole rings is 1. The molecule has 7 heteroatoms. The smallest absolute Gasteiger partial charge is 0.226 e. The third-order valence-corrected chi connectivity index (χ3v) is 6.74. The van der Waals surface area contributed by atoms with Crippen LogP contribution in [0.5, 0.6) is 0 Å². The Hall–Kier alpha value is -2.09. The van der Waals surface area contributed by atoms with Crippen LogP contribution in [-0.4, -0.2) is 46.9 Å². The zero-order valence-electron chi connectivity index (χ0n) is 18.4. The zero-order valence-corrected chi connectivity index (χ0v) is 19.2. The average Bonchev–Trinajstić information content (AvgIpc) is 3.17. The van der Waals surface area contributed by atoms with E-state index in [4.69, 9.17) is 4.74 Å². The highest BCUT2D eigenvalue weighted by atomic mass is 32.1. The lowest BCUT2D eigenvalue weighted by Crippen LogP contribution is -2.44. The van der Waals surface area contributed by atoms with Crippen LogP contribution in [0.25, 0.3) is 0 Å². The Morgan fingerprint density at radius 1 is 1.13 bits per heavy atom. The summed E-state index contributed by atoms with van der Waals surface area (Å²) >= 11 is 1.43. The molecule has 1 aromatic heterocycles. The molecule has 1 amide bonds. The van der Waals surface area contributed by atoms with E-state index in [1.165, 1.54) is 35.3 Å². The molecule has 2 atom stereocenters. The second-order valence-electron chi connectivity index (χ2n) is 8.76. The molecule has 2 aliphatic rings. The van der Waals surface area contributed by atoms with Crippen LogP contribution in [0, 0.1) is 0 Å². The van der Waals surface area contributed by atoms with E-state index in [0.29, 0.717) is 5.13 Å². The van der Waals surface area contributed by atoms with Crippen LogP contribution in [0.4, 0.5) is 5.13 Å². The number of aromatic nitrogens is 1. The van der Waals surface area contributed by atoms with Gasteiger partial charge in [-0.05, 0) is 56.7 Å². The molecule has 1 aliphatic heterocycles. The lowest BCUT2D eigenvalue weighted by atomic mass is 9.89. The molecule has 1 saturated heterocycles. The number of nitrogens with zero attached hydrogens (tertiary/aromatic N) is 2. The first-order chi connectivity index (χ1) is 15.0. The number of hydrogen-bond acceptors (Lipinski definition) is 6. The molecule has 1 N–H and O–H groups in total. The van der Waals surface area contributed by atoms with Crippen molar-refractivity contribution in [1.29, 1.82) is 0 Å². The van der Waals surface area contributed by atoms with Crippen LogP contribution >= 0.6 is 11.3 Å². The Kier molecular flexibility index (Phi) is 7.15. The highest BCUT2D eigenvalue weighted by Crippen LogP contribution is 2.23. The topological polar surface area (TPSA) is 71.5 Å². The Morgan fingerprint density at radius 2 is 1.87 bits per heavy atom. The van der Waals surface area contributed by atoms with Gasteiger partial charge in [-0.3, -0.25) is 14.5 Å². The highest BCUT2D eigenvalue weighted by Gasteiger charge is 2.23. The number of nitrogens with one attached hydrogen (secondary N) is 1. The number of hydrogen-bond donors (Lipinski definition) is 1. The van der Waals surface area contributed by atoms with Crippen molar-refractivity contribution in [1.82, 2.24) is 9.88 Å². The summed E-state index contributed by atoms with van der Waals surface area (Å²) in [5, 5.41) is 5.42. The molecule has 0 saturated carbocycles. The van der Waals surface area contributed by atoms with Gasteiger partial charge in [-0.1, -0.05) is 12.1 Å². The molecule has 6 nitrogen and oxygen atoms in total. The molecule has 0 bridgehead atoms. The Morgan fingerprint density at radius 3 is 2.65 bits per heavy atom. The quantitative estimate of drug-likeness (QED) is 0.651. The summed E-state index contributed by atoms with van der Waals surface area (Å²) < 4.78 is 5.77. The largest absolute Gasteiger partial charge is 0.373 e. The molecule has 2 aromatic rings. The predicted octanol–water partition coefficient (Wildman–Crippen LogP) is 4.23. The molecule has 166 valence electrons. The number of ether oxygens (including phenoxy) is 1. The van der Waals surface area contributed by atoms with Crippen LogP contribution in [-0.2, 0) is 28.9 Å². The van der Waals surface area contributed by atoms with Crippen molar-refractivity contribution in [2.24, 2.45) is 0 Å². The van der Waals surface area contributed by atoms with Gasteiger partial charge in [0.25, 0.3) is 0 Å². The van der Waals surface area contributed by atoms with Crippen molar-refractivity contribution in [2.45, 2.75) is 71.1 Å². The Bertz CT molecular complexity index is 932. The number of rotatable bonds is 7. The fourth-order valence-electron chi connectivity index (χ4n) is 4.54. The number of benzene rings is 1. The van der Waals surface area contributed by atoms with E-state index in [1.807, 2.05) is 17.5 Å². The Labute approximate surface area is 188 Å². The lowest BCUT2D eigenvalue weighted by Gasteiger charge is -2.34. The minimum Gasteiger partial charge on any atom is -0.373 e. The summed E-state index contributed by atoms with van der Waals surface area (Å²) in [6, 6.07) is 6.01. The molecule has 31 heavy (non-hydrogen) atoms. The molecule has 1 aliphatic carbocycles. The molecule has 0 radical (unpaired) electrons. The SMILES string of the molecule is CC1CN(Cc2csc(NC(=O)CCC(=O)c3ccc4c(c3)CCCC4)n2)CC(C)O1. The number of amides is 1. The van der Waals surface area contributed by atoms with E-state index in [2.05, 4.69) is 35.1 Å². The fraction of sp³-hybridized carbons (Fsp3) is 0.542. The van der Waals surface area contributed by atoms with Crippen molar-refractivity contribution in [3.63, 3.8) is 0 Å². The van der Waals surface area contributed by atoms with Gasteiger partial charge in [0, 0.05) is 43.4 Å². The number of fused-ring (bicyclic) bond motifs is 1. The summed E-state index contributed by atoms with van der Waals surface area (Å²) in [5.41, 5.74) is 4.33. The first kappa shape index (κ1) is 22.1. The second kappa shape index (κ2) is 10.0. The van der Waals surface area contributed by atoms with Gasteiger partial charge in [0.1, 0.15) is 0 Å². The first-order valence-electron chi connectivity index (χ1n) is 11.2. The van der Waals surface area contributed by atoms with Crippen molar-refractivity contribution in [2.75, 3.05) is 18.4 Å². The normalized spacial score (nSPS) is 21.5. The number of carbonyl (C=O) groups is 2. The molecular formula is C24H31N3O3S. The molecule has 2 heterocycles. The Balaban J connectivity index is 1.25. The van der Waals surface area contributed by atoms with Gasteiger partial charge >= 0.3 is 0 Å². The molecular weight excluding hydrogens is 410 g/mol. The highest BCUT2D eigenvalue weighted by molar-refractivity contribution is 7.13. The second-order valence-corrected chi connectivity index (χ2v) is 9.62. The minimum atomic E-state index is -0.166. The van der Waals surface area contributed by atoms with E-state index >= 15 is 0 Å². The van der Waals surface area contributed by atoms with Crippen LogP contribution in [0.1, 0.15) is 66.7 Å². The third-order valence-electron chi connectivity index (χ3n) is 5.93. The van der Waals surface area contributed by atoms with Gasteiger partial charge < -0.3 is 10.1 Å². The van der Waals surface area contributed by atoms with Crippen LogP contribution < -0.4 is 5.32 Å². The van der Waals surface area contributed by atoms with Gasteiger partial charge in [-0.25, -0.2) is 4.98 Å². The summed E-state index contributed by atoms with van der Waals surface area (Å²) in [6.07, 6.45) is 5.38. The summed E-state index contributed by atoms with van der Waals surface area (Å²) in [7, 11) is 0. The molecule has 4 rings (SSSR count). The summed E-state index contributed by atoms with van der Waals surface area (Å²) in [6.45, 7) is 6.69. The number of anilines is 1. The minimum absolute atomic E-state index is 0.0268. The van der Waals surface area contributed by atoms with Gasteiger partial charge in [-0.15, -0.1) is 11.3 Å². The molecule has 1 fully saturated rings.